The van der Waals surface area contributed by atoms with Crippen LogP contribution in [0.5, 0.6) is 11.5 Å². The van der Waals surface area contributed by atoms with Crippen LogP contribution in [0.2, 0.25) is 0 Å². The van der Waals surface area contributed by atoms with Crippen molar-refractivity contribution >= 4 is 11.6 Å². The molecule has 0 spiro atoms. The van der Waals surface area contributed by atoms with Gasteiger partial charge in [-0.25, -0.2) is 0 Å². The first-order valence-electron chi connectivity index (χ1n) is 10.2. The van der Waals surface area contributed by atoms with Gasteiger partial charge in [-0.3, -0.25) is 14.8 Å². The molecule has 1 unspecified atom stereocenters. The van der Waals surface area contributed by atoms with E-state index in [1.165, 1.54) is 11.0 Å². The molecule has 3 aromatic rings. The van der Waals surface area contributed by atoms with Gasteiger partial charge in [0.15, 0.2) is 11.5 Å². The Kier molecular flexibility index (Phi) is 4.65. The van der Waals surface area contributed by atoms with Crippen LogP contribution < -0.4 is 14.4 Å². The molecule has 166 valence electrons. The summed E-state index contributed by atoms with van der Waals surface area (Å²) in [4.78, 5) is 14.9. The quantitative estimate of drug-likeness (QED) is 0.609. The highest BCUT2D eigenvalue weighted by Crippen LogP contribution is 2.46. The molecule has 0 radical (unpaired) electrons. The maximum absolute atomic E-state index is 13.5. The number of hydrogen-bond acceptors (Lipinski definition) is 4. The van der Waals surface area contributed by atoms with E-state index in [4.69, 9.17) is 9.47 Å². The number of aromatic amines is 1. The van der Waals surface area contributed by atoms with Crippen molar-refractivity contribution in [3.63, 3.8) is 0 Å². The highest BCUT2D eigenvalue weighted by atomic mass is 19.4. The van der Waals surface area contributed by atoms with E-state index in [0.717, 1.165) is 12.1 Å². The Balaban J connectivity index is 1.68. The van der Waals surface area contributed by atoms with Gasteiger partial charge in [0.25, 0.3) is 5.91 Å². The van der Waals surface area contributed by atoms with Gasteiger partial charge in [-0.15, -0.1) is 0 Å². The highest BCUT2D eigenvalue weighted by Gasteiger charge is 2.44. The van der Waals surface area contributed by atoms with Crippen molar-refractivity contribution in [2.24, 2.45) is 5.92 Å². The first-order chi connectivity index (χ1) is 15.2. The van der Waals surface area contributed by atoms with E-state index in [2.05, 4.69) is 10.2 Å². The fourth-order valence-electron chi connectivity index (χ4n) is 4.26. The molecule has 2 aliphatic rings. The van der Waals surface area contributed by atoms with Crippen molar-refractivity contribution in [2.45, 2.75) is 32.5 Å². The van der Waals surface area contributed by atoms with Crippen LogP contribution in [0, 0.1) is 5.92 Å². The van der Waals surface area contributed by atoms with Crippen LogP contribution in [-0.4, -0.2) is 22.9 Å². The summed E-state index contributed by atoms with van der Waals surface area (Å²) in [5, 5.41) is 7.14. The molecule has 9 heteroatoms. The molecule has 1 atom stereocenters. The molecule has 0 bridgehead atoms. The minimum atomic E-state index is -4.50. The third kappa shape index (κ3) is 3.28. The minimum absolute atomic E-state index is 0.0747. The van der Waals surface area contributed by atoms with Gasteiger partial charge in [0, 0.05) is 17.3 Å². The van der Waals surface area contributed by atoms with Gasteiger partial charge >= 0.3 is 6.18 Å². The van der Waals surface area contributed by atoms with Crippen LogP contribution in [0.4, 0.5) is 18.9 Å². The van der Waals surface area contributed by atoms with E-state index in [1.54, 1.807) is 24.3 Å². The summed E-state index contributed by atoms with van der Waals surface area (Å²) in [6, 6.07) is 9.39. The summed E-state index contributed by atoms with van der Waals surface area (Å²) in [6.07, 6.45) is -3.91. The molecule has 2 aromatic carbocycles. The number of hydrogen-bond donors (Lipinski definition) is 1. The Bertz CT molecular complexity index is 1200. The third-order valence-electron chi connectivity index (χ3n) is 5.61. The molecule has 6 nitrogen and oxygen atoms in total. The Morgan fingerprint density at radius 3 is 2.69 bits per heavy atom. The number of nitrogens with one attached hydrogen (secondary N) is 1. The molecule has 1 N–H and O–H groups in total. The number of halogens is 3. The molecule has 0 aliphatic carbocycles. The fourth-order valence-corrected chi connectivity index (χ4v) is 4.26. The van der Waals surface area contributed by atoms with Gasteiger partial charge in [-0.05, 0) is 42.2 Å². The van der Waals surface area contributed by atoms with Crippen molar-refractivity contribution in [3.8, 4) is 11.5 Å². The van der Waals surface area contributed by atoms with Crippen molar-refractivity contribution in [1.82, 2.24) is 10.2 Å². The van der Waals surface area contributed by atoms with Gasteiger partial charge in [0.05, 0.1) is 17.3 Å². The normalized spacial score (nSPS) is 17.4. The van der Waals surface area contributed by atoms with Crippen LogP contribution in [-0.2, 0) is 12.6 Å². The topological polar surface area (TPSA) is 67.5 Å². The van der Waals surface area contributed by atoms with E-state index in [0.29, 0.717) is 46.1 Å². The number of anilines is 1. The van der Waals surface area contributed by atoms with Gasteiger partial charge in [0.1, 0.15) is 5.69 Å². The maximum atomic E-state index is 13.5. The minimum Gasteiger partial charge on any atom is -0.454 e. The monoisotopic (exact) mass is 443 g/mol. The largest absolute Gasteiger partial charge is 0.454 e. The second-order valence-electron chi connectivity index (χ2n) is 8.30. The van der Waals surface area contributed by atoms with Gasteiger partial charge in [-0.2, -0.15) is 18.3 Å². The summed E-state index contributed by atoms with van der Waals surface area (Å²) < 4.78 is 51.2. The number of rotatable bonds is 4. The summed E-state index contributed by atoms with van der Waals surface area (Å²) >= 11 is 0. The smallest absolute Gasteiger partial charge is 0.416 e. The van der Waals surface area contributed by atoms with Crippen LogP contribution in [0.3, 0.4) is 0 Å². The molecule has 1 amide bonds. The van der Waals surface area contributed by atoms with Gasteiger partial charge in [-0.1, -0.05) is 26.0 Å². The zero-order valence-corrected chi connectivity index (χ0v) is 17.4. The lowest BCUT2D eigenvalue weighted by atomic mass is 9.94. The molecule has 2 aliphatic heterocycles. The fraction of sp³-hybridized carbons (Fsp3) is 0.304. The molecule has 5 rings (SSSR count). The maximum Gasteiger partial charge on any atom is 0.416 e. The Morgan fingerprint density at radius 1 is 1.16 bits per heavy atom. The number of alkyl halides is 3. The summed E-state index contributed by atoms with van der Waals surface area (Å²) in [5.74, 6) is 0.925. The number of aromatic nitrogens is 2. The average molecular weight is 443 g/mol. The molecule has 0 saturated heterocycles. The van der Waals surface area contributed by atoms with E-state index in [9.17, 15) is 18.0 Å². The predicted octanol–water partition coefficient (Wildman–Crippen LogP) is 5.11. The number of nitrogens with zero attached hydrogens (tertiary/aromatic N) is 2. The molecular weight excluding hydrogens is 423 g/mol. The van der Waals surface area contributed by atoms with E-state index >= 15 is 0 Å². The number of ether oxygens (including phenoxy) is 2. The lowest BCUT2D eigenvalue weighted by molar-refractivity contribution is -0.137. The van der Waals surface area contributed by atoms with E-state index < -0.39 is 17.8 Å². The summed E-state index contributed by atoms with van der Waals surface area (Å²) in [5.41, 5.74) is 1.67. The van der Waals surface area contributed by atoms with Crippen LogP contribution >= 0.6 is 0 Å². The molecule has 32 heavy (non-hydrogen) atoms. The second-order valence-corrected chi connectivity index (χ2v) is 8.30. The third-order valence-corrected chi connectivity index (χ3v) is 5.61. The van der Waals surface area contributed by atoms with E-state index in [1.807, 2.05) is 13.8 Å². The number of fused-ring (bicyclic) bond motifs is 2. The van der Waals surface area contributed by atoms with Crippen molar-refractivity contribution in [2.75, 3.05) is 11.7 Å². The highest BCUT2D eigenvalue weighted by molar-refractivity contribution is 6.10. The first-order valence-corrected chi connectivity index (χ1v) is 10.2. The zero-order valence-electron chi connectivity index (χ0n) is 17.4. The van der Waals surface area contributed by atoms with Crippen molar-refractivity contribution in [3.05, 3.63) is 70.5 Å². The predicted molar refractivity (Wildman–Crippen MR) is 110 cm³/mol. The van der Waals surface area contributed by atoms with Gasteiger partial charge in [0.2, 0.25) is 6.79 Å². The number of carbonyl (C=O) groups is 1. The lowest BCUT2D eigenvalue weighted by Gasteiger charge is -2.27. The van der Waals surface area contributed by atoms with Crippen molar-refractivity contribution in [1.29, 1.82) is 0 Å². The SMILES string of the molecule is CC(C)Cc1n[nH]c2c1C(c1cccc(C(F)(F)F)c1)N(c1ccc3c(c1)OCO3)C2=O. The van der Waals surface area contributed by atoms with Crippen LogP contribution in [0.15, 0.2) is 42.5 Å². The molecular formula is C23H20F3N3O3. The summed E-state index contributed by atoms with van der Waals surface area (Å²) in [7, 11) is 0. The first kappa shape index (κ1) is 20.4. The number of amides is 1. The Hall–Kier alpha value is -3.49. The Morgan fingerprint density at radius 2 is 1.94 bits per heavy atom. The molecule has 0 saturated carbocycles. The number of H-pyrrole nitrogens is 1. The Labute approximate surface area is 181 Å². The molecule has 0 fully saturated rings. The van der Waals surface area contributed by atoms with Crippen LogP contribution in [0.1, 0.15) is 52.8 Å². The van der Waals surface area contributed by atoms with Crippen molar-refractivity contribution < 1.29 is 27.4 Å². The standard InChI is InChI=1S/C23H20F3N3O3/c1-12(2)8-16-19-20(28-27-16)22(30)29(15-6-7-17-18(10-15)32-11-31-17)21(19)13-4-3-5-14(9-13)23(24,25)26/h3-7,9-10,12,21H,8,11H2,1-2H3,(H,27,28). The average Bonchev–Trinajstić information content (AvgIpc) is 3.43. The van der Waals surface area contributed by atoms with Gasteiger partial charge < -0.3 is 9.47 Å². The second kappa shape index (κ2) is 7.29. The molecule has 1 aromatic heterocycles. The zero-order chi connectivity index (χ0) is 22.6. The number of benzene rings is 2. The number of carbonyl (C=O) groups excluding carboxylic acids is 1. The lowest BCUT2D eigenvalue weighted by Crippen LogP contribution is -2.29. The summed E-state index contributed by atoms with van der Waals surface area (Å²) in [6.45, 7) is 4.12. The molecule has 3 heterocycles. The van der Waals surface area contributed by atoms with Crippen LogP contribution in [0.25, 0.3) is 0 Å². The van der Waals surface area contributed by atoms with E-state index in [-0.39, 0.29) is 18.6 Å².